The normalized spacial score (nSPS) is 16.4. The summed E-state index contributed by atoms with van der Waals surface area (Å²) in [7, 11) is 0. The first kappa shape index (κ1) is 41.5. The Morgan fingerprint density at radius 3 is 1.79 bits per heavy atom. The average Bonchev–Trinajstić information content (AvgIpc) is 3.60. The minimum atomic E-state index is -0.118. The van der Waals surface area contributed by atoms with Gasteiger partial charge in [-0.25, -0.2) is 0 Å². The van der Waals surface area contributed by atoms with Crippen molar-refractivity contribution in [3.63, 3.8) is 0 Å². The van der Waals surface area contributed by atoms with Crippen molar-refractivity contribution in [1.82, 2.24) is 0 Å². The van der Waals surface area contributed by atoms with Crippen molar-refractivity contribution >= 4 is 68.4 Å². The molecule has 1 aliphatic carbocycles. The van der Waals surface area contributed by atoms with Gasteiger partial charge in [0.05, 0.1) is 17.0 Å². The maximum Gasteiger partial charge on any atom is 0.297 e. The van der Waals surface area contributed by atoms with Crippen LogP contribution in [0.5, 0.6) is 0 Å². The second-order valence-electron chi connectivity index (χ2n) is 23.4. The number of rotatable bonds is 3. The van der Waals surface area contributed by atoms with E-state index in [9.17, 15) is 0 Å². The molecule has 4 heteroatoms. The van der Waals surface area contributed by atoms with Crippen LogP contribution in [-0.4, -0.2) is 6.71 Å². The fourth-order valence-electron chi connectivity index (χ4n) is 11.0. The van der Waals surface area contributed by atoms with Crippen LogP contribution in [0.1, 0.15) is 136 Å². The first-order valence-corrected chi connectivity index (χ1v) is 23.3. The molecule has 2 aliphatic heterocycles. The summed E-state index contributed by atoms with van der Waals surface area (Å²) in [6, 6.07) is 44.4. The molecule has 320 valence electrons. The van der Waals surface area contributed by atoms with Gasteiger partial charge in [-0.2, -0.15) is 0 Å². The molecule has 0 bridgehead atoms. The number of aryl methyl sites for hydroxylation is 1. The lowest BCUT2D eigenvalue weighted by Crippen LogP contribution is -2.61. The van der Waals surface area contributed by atoms with Crippen LogP contribution < -0.4 is 26.4 Å². The minimum Gasteiger partial charge on any atom is -0.468 e. The lowest BCUT2D eigenvalue weighted by atomic mass is 9.35. The molecule has 0 N–H and O–H groups in total. The van der Waals surface area contributed by atoms with Crippen LogP contribution in [0.2, 0.25) is 0 Å². The van der Waals surface area contributed by atoms with Gasteiger partial charge < -0.3 is 14.2 Å². The monoisotopic (exact) mass is 829 g/mol. The summed E-state index contributed by atoms with van der Waals surface area (Å²) in [5.41, 5.74) is 22.4. The maximum atomic E-state index is 7.44. The topological polar surface area (TPSA) is 19.6 Å². The molecule has 0 spiro atoms. The lowest BCUT2D eigenvalue weighted by Gasteiger charge is -2.49. The van der Waals surface area contributed by atoms with E-state index in [1.807, 2.05) is 0 Å². The largest absolute Gasteiger partial charge is 0.468 e. The Kier molecular flexibility index (Phi) is 9.07. The lowest BCUT2D eigenvalue weighted by molar-refractivity contribution is 0.333. The SMILES string of the molecule is Cc1cc2c3c(c1)N(c1ccc(C(C)(C)C)cc1-c1ccccc1)c1c(oc4ccc(C(C)(C)C)cc14)B3c1ccc3c(c1N2c1ccc(C(C)(C)C)cc1)C(C)(C)CCC3(C)C. The molecule has 3 aliphatic rings. The quantitative estimate of drug-likeness (QED) is 0.165. The molecular formula is C59H65BN2O. The summed E-state index contributed by atoms with van der Waals surface area (Å²) in [6.07, 6.45) is 2.29. The van der Waals surface area contributed by atoms with Crippen LogP contribution >= 0.6 is 0 Å². The van der Waals surface area contributed by atoms with E-state index in [2.05, 4.69) is 222 Å². The van der Waals surface area contributed by atoms with Gasteiger partial charge in [0.15, 0.2) is 0 Å². The van der Waals surface area contributed by atoms with Crippen molar-refractivity contribution < 1.29 is 4.42 Å². The van der Waals surface area contributed by atoms with Gasteiger partial charge in [-0.1, -0.05) is 157 Å². The summed E-state index contributed by atoms with van der Waals surface area (Å²) < 4.78 is 7.44. The highest BCUT2D eigenvalue weighted by Crippen LogP contribution is 2.55. The van der Waals surface area contributed by atoms with Gasteiger partial charge in [0.25, 0.3) is 6.71 Å². The van der Waals surface area contributed by atoms with E-state index in [0.29, 0.717) is 0 Å². The highest BCUT2D eigenvalue weighted by molar-refractivity contribution is 7.00. The van der Waals surface area contributed by atoms with Crippen LogP contribution in [-0.2, 0) is 27.1 Å². The molecule has 3 nitrogen and oxygen atoms in total. The minimum absolute atomic E-state index is 0.0269. The Morgan fingerprint density at radius 1 is 0.556 bits per heavy atom. The van der Waals surface area contributed by atoms with Crippen LogP contribution in [0.15, 0.2) is 120 Å². The van der Waals surface area contributed by atoms with Crippen molar-refractivity contribution in [2.75, 3.05) is 9.80 Å². The maximum absolute atomic E-state index is 7.44. The van der Waals surface area contributed by atoms with Gasteiger partial charge >= 0.3 is 0 Å². The first-order chi connectivity index (χ1) is 29.5. The van der Waals surface area contributed by atoms with Crippen molar-refractivity contribution in [2.24, 2.45) is 0 Å². The van der Waals surface area contributed by atoms with Crippen molar-refractivity contribution in [2.45, 2.75) is 137 Å². The van der Waals surface area contributed by atoms with Gasteiger partial charge in [-0.05, 0) is 145 Å². The first-order valence-electron chi connectivity index (χ1n) is 23.3. The number of anilines is 6. The van der Waals surface area contributed by atoms with E-state index in [0.717, 1.165) is 40.8 Å². The molecular weight excluding hydrogens is 763 g/mol. The Balaban J connectivity index is 1.36. The van der Waals surface area contributed by atoms with E-state index in [1.54, 1.807) is 0 Å². The Bertz CT molecular complexity index is 2960. The number of nitrogens with zero attached hydrogens (tertiary/aromatic N) is 2. The van der Waals surface area contributed by atoms with E-state index in [4.69, 9.17) is 4.42 Å². The Labute approximate surface area is 377 Å². The zero-order valence-corrected chi connectivity index (χ0v) is 40.3. The average molecular weight is 829 g/mol. The van der Waals surface area contributed by atoms with Crippen molar-refractivity contribution in [3.05, 3.63) is 149 Å². The van der Waals surface area contributed by atoms with Gasteiger partial charge in [0.2, 0.25) is 0 Å². The van der Waals surface area contributed by atoms with Crippen LogP contribution in [0.25, 0.3) is 22.1 Å². The fraction of sp³-hybridized carbons (Fsp3) is 0.356. The van der Waals surface area contributed by atoms with E-state index in [1.165, 1.54) is 78.2 Å². The zero-order chi connectivity index (χ0) is 44.8. The van der Waals surface area contributed by atoms with Crippen LogP contribution in [0.3, 0.4) is 0 Å². The third kappa shape index (κ3) is 6.52. The predicted octanol–water partition coefficient (Wildman–Crippen LogP) is 14.7. The molecule has 0 radical (unpaired) electrons. The number of hydrogen-bond acceptors (Lipinski definition) is 3. The van der Waals surface area contributed by atoms with Gasteiger partial charge in [0.1, 0.15) is 5.58 Å². The highest BCUT2D eigenvalue weighted by atomic mass is 16.3. The van der Waals surface area contributed by atoms with Gasteiger partial charge in [-0.15, -0.1) is 0 Å². The molecule has 0 atom stereocenters. The standard InChI is InChI=1S/C59H65BN2O/c1-36-32-47-51-48(33-36)62(46-28-22-39(56(5,6)7)34-42(46)37-18-16-15-17-19-37)52-43-35-40(57(8,9)10)23-29-49(43)63-54(52)60(51)45-27-26-44-50(59(13,14)31-30-58(44,11)12)53(45)61(47)41-24-20-38(21-25-41)55(2,3)4/h15-29,32-35H,30-31H2,1-14H3. The highest BCUT2D eigenvalue weighted by Gasteiger charge is 2.50. The number of furan rings is 1. The third-order valence-electron chi connectivity index (χ3n) is 14.8. The van der Waals surface area contributed by atoms with Gasteiger partial charge in [0, 0.05) is 33.7 Å². The van der Waals surface area contributed by atoms with Crippen molar-refractivity contribution in [3.8, 4) is 11.1 Å². The molecule has 0 unspecified atom stereocenters. The molecule has 1 aromatic heterocycles. The Hall–Kier alpha value is -5.48. The van der Waals surface area contributed by atoms with Crippen LogP contribution in [0.4, 0.5) is 34.1 Å². The summed E-state index contributed by atoms with van der Waals surface area (Å²) in [5.74, 6) is 0. The zero-order valence-electron chi connectivity index (χ0n) is 40.3. The molecule has 7 aromatic rings. The second-order valence-corrected chi connectivity index (χ2v) is 23.4. The predicted molar refractivity (Wildman–Crippen MR) is 272 cm³/mol. The number of hydrogen-bond donors (Lipinski definition) is 0. The molecule has 0 amide bonds. The third-order valence-corrected chi connectivity index (χ3v) is 14.8. The molecule has 0 saturated heterocycles. The molecule has 63 heavy (non-hydrogen) atoms. The summed E-state index contributed by atoms with van der Waals surface area (Å²) in [4.78, 5) is 5.23. The van der Waals surface area contributed by atoms with Gasteiger partial charge in [-0.3, -0.25) is 0 Å². The number of benzene rings is 6. The van der Waals surface area contributed by atoms with Crippen molar-refractivity contribution in [1.29, 1.82) is 0 Å². The second kappa shape index (κ2) is 13.8. The number of fused-ring (bicyclic) bond motifs is 8. The summed E-state index contributed by atoms with van der Waals surface area (Å²) in [5, 5.41) is 1.16. The van der Waals surface area contributed by atoms with Crippen LogP contribution in [0, 0.1) is 6.92 Å². The fourth-order valence-corrected chi connectivity index (χ4v) is 11.0. The molecule has 0 fully saturated rings. The summed E-state index contributed by atoms with van der Waals surface area (Å²) in [6.45, 7) is 32.8. The smallest absolute Gasteiger partial charge is 0.297 e. The molecule has 3 heterocycles. The molecule has 10 rings (SSSR count). The Morgan fingerprint density at radius 2 is 1.14 bits per heavy atom. The van der Waals surface area contributed by atoms with E-state index >= 15 is 0 Å². The molecule has 0 saturated carbocycles. The summed E-state index contributed by atoms with van der Waals surface area (Å²) >= 11 is 0. The molecule has 6 aromatic carbocycles. The van der Waals surface area contributed by atoms with E-state index < -0.39 is 0 Å². The van der Waals surface area contributed by atoms with E-state index in [-0.39, 0.29) is 33.8 Å².